The number of carbonyl (C=O) groups is 1. The molecule has 0 radical (unpaired) electrons. The van der Waals surface area contributed by atoms with E-state index in [0.29, 0.717) is 17.2 Å². The molecule has 1 aromatic heterocycles. The van der Waals surface area contributed by atoms with Crippen molar-refractivity contribution >= 4 is 11.6 Å². The molecule has 1 amide bonds. The van der Waals surface area contributed by atoms with Crippen LogP contribution in [-0.4, -0.2) is 12.5 Å². The van der Waals surface area contributed by atoms with Crippen molar-refractivity contribution in [3.05, 3.63) is 78.0 Å². The Morgan fingerprint density at radius 1 is 0.963 bits per heavy atom. The van der Waals surface area contributed by atoms with Gasteiger partial charge < -0.3 is 19.2 Å². The van der Waals surface area contributed by atoms with Gasteiger partial charge in [-0.3, -0.25) is 4.79 Å². The van der Waals surface area contributed by atoms with Crippen LogP contribution in [0.25, 0.3) is 0 Å². The summed E-state index contributed by atoms with van der Waals surface area (Å²) in [4.78, 5) is 12.2. The molecule has 8 heteroatoms. The van der Waals surface area contributed by atoms with Crippen molar-refractivity contribution in [2.24, 2.45) is 0 Å². The maximum atomic E-state index is 12.8. The lowest BCUT2D eigenvalue weighted by molar-refractivity contribution is -0.0498. The van der Waals surface area contributed by atoms with Crippen LogP contribution in [0, 0.1) is 5.82 Å². The number of halogens is 3. The smallest absolute Gasteiger partial charge is 0.387 e. The van der Waals surface area contributed by atoms with Crippen LogP contribution in [0.5, 0.6) is 11.5 Å². The second-order valence-corrected chi connectivity index (χ2v) is 5.37. The minimum atomic E-state index is -2.91. The number of nitrogens with one attached hydrogen (secondary N) is 1. The Bertz CT molecular complexity index is 892. The Morgan fingerprint density at radius 3 is 2.30 bits per heavy atom. The standard InChI is InChI=1S/C19H14F3NO4/c20-12-1-5-14(6-2-12)25-11-16-9-10-17(26-16)18(24)23-13-3-7-15(8-4-13)27-19(21)22/h1-10,19H,11H2,(H,23,24). The van der Waals surface area contributed by atoms with Gasteiger partial charge in [0.05, 0.1) is 0 Å². The van der Waals surface area contributed by atoms with Crippen molar-refractivity contribution in [2.75, 3.05) is 5.32 Å². The number of amides is 1. The third kappa shape index (κ3) is 5.27. The second-order valence-electron chi connectivity index (χ2n) is 5.37. The van der Waals surface area contributed by atoms with E-state index >= 15 is 0 Å². The average Bonchev–Trinajstić information content (AvgIpc) is 3.12. The molecule has 0 atom stereocenters. The monoisotopic (exact) mass is 377 g/mol. The van der Waals surface area contributed by atoms with Gasteiger partial charge in [0.25, 0.3) is 5.91 Å². The molecular weight excluding hydrogens is 363 g/mol. The van der Waals surface area contributed by atoms with Crippen LogP contribution in [0.2, 0.25) is 0 Å². The zero-order chi connectivity index (χ0) is 19.2. The molecule has 3 rings (SSSR count). The lowest BCUT2D eigenvalue weighted by atomic mass is 10.3. The van der Waals surface area contributed by atoms with Gasteiger partial charge in [0, 0.05) is 5.69 Å². The van der Waals surface area contributed by atoms with Crippen molar-refractivity contribution in [1.82, 2.24) is 0 Å². The van der Waals surface area contributed by atoms with Crippen molar-refractivity contribution < 1.29 is 31.9 Å². The normalized spacial score (nSPS) is 10.7. The third-order valence-corrected chi connectivity index (χ3v) is 3.42. The van der Waals surface area contributed by atoms with E-state index in [1.165, 1.54) is 54.6 Å². The Labute approximate surface area is 152 Å². The molecule has 5 nitrogen and oxygen atoms in total. The quantitative estimate of drug-likeness (QED) is 0.639. The van der Waals surface area contributed by atoms with Crippen LogP contribution in [0.4, 0.5) is 18.9 Å². The number of rotatable bonds is 7. The summed E-state index contributed by atoms with van der Waals surface area (Å²) in [6.07, 6.45) is 0. The highest BCUT2D eigenvalue weighted by Gasteiger charge is 2.12. The van der Waals surface area contributed by atoms with Crippen LogP contribution >= 0.6 is 0 Å². The lowest BCUT2D eigenvalue weighted by Crippen LogP contribution is -2.11. The van der Waals surface area contributed by atoms with Gasteiger partial charge in [-0.25, -0.2) is 4.39 Å². The lowest BCUT2D eigenvalue weighted by Gasteiger charge is -2.06. The minimum Gasteiger partial charge on any atom is -0.486 e. The Balaban J connectivity index is 1.55. The molecule has 1 N–H and O–H groups in total. The molecule has 0 aliphatic carbocycles. The van der Waals surface area contributed by atoms with Gasteiger partial charge in [0.1, 0.15) is 29.7 Å². The van der Waals surface area contributed by atoms with Crippen molar-refractivity contribution in [3.63, 3.8) is 0 Å². The molecule has 27 heavy (non-hydrogen) atoms. The first-order valence-corrected chi connectivity index (χ1v) is 7.83. The first kappa shape index (κ1) is 18.4. The largest absolute Gasteiger partial charge is 0.486 e. The number of carbonyl (C=O) groups excluding carboxylic acids is 1. The van der Waals surface area contributed by atoms with Crippen molar-refractivity contribution in [3.8, 4) is 11.5 Å². The summed E-state index contributed by atoms with van der Waals surface area (Å²) in [6.45, 7) is -2.84. The number of ether oxygens (including phenoxy) is 2. The van der Waals surface area contributed by atoms with Crippen LogP contribution < -0.4 is 14.8 Å². The molecule has 0 saturated heterocycles. The molecule has 2 aromatic carbocycles. The summed E-state index contributed by atoms with van der Waals surface area (Å²) in [5, 5.41) is 2.57. The van der Waals surface area contributed by atoms with Gasteiger partial charge >= 0.3 is 6.61 Å². The molecule has 0 spiro atoms. The number of hydrogen-bond donors (Lipinski definition) is 1. The number of alkyl halides is 2. The average molecular weight is 377 g/mol. The van der Waals surface area contributed by atoms with Crippen LogP contribution in [0.3, 0.4) is 0 Å². The van der Waals surface area contributed by atoms with Gasteiger partial charge in [0.2, 0.25) is 0 Å². The van der Waals surface area contributed by atoms with Gasteiger partial charge in [-0.05, 0) is 60.7 Å². The fourth-order valence-corrected chi connectivity index (χ4v) is 2.18. The Morgan fingerprint density at radius 2 is 1.63 bits per heavy atom. The molecule has 0 saturated carbocycles. The molecule has 0 fully saturated rings. The summed E-state index contributed by atoms with van der Waals surface area (Å²) in [5.74, 6) is 0.0376. The molecule has 3 aromatic rings. The van der Waals surface area contributed by atoms with Gasteiger partial charge in [-0.2, -0.15) is 8.78 Å². The molecule has 0 aliphatic heterocycles. The zero-order valence-electron chi connectivity index (χ0n) is 13.8. The SMILES string of the molecule is O=C(Nc1ccc(OC(F)F)cc1)c1ccc(COc2ccc(F)cc2)o1. The Kier molecular flexibility index (Phi) is 5.65. The van der Waals surface area contributed by atoms with Gasteiger partial charge in [-0.1, -0.05) is 0 Å². The fourth-order valence-electron chi connectivity index (χ4n) is 2.18. The van der Waals surface area contributed by atoms with Gasteiger partial charge in [0.15, 0.2) is 5.76 Å². The summed E-state index contributed by atoms with van der Waals surface area (Å²) < 4.78 is 52.1. The summed E-state index contributed by atoms with van der Waals surface area (Å²) in [6, 6.07) is 14.0. The van der Waals surface area contributed by atoms with Crippen LogP contribution in [0.1, 0.15) is 16.3 Å². The van der Waals surface area contributed by atoms with Crippen molar-refractivity contribution in [2.45, 2.75) is 13.2 Å². The van der Waals surface area contributed by atoms with E-state index in [9.17, 15) is 18.0 Å². The van der Waals surface area contributed by atoms with E-state index in [-0.39, 0.29) is 23.9 Å². The predicted molar refractivity (Wildman–Crippen MR) is 90.5 cm³/mol. The molecule has 0 unspecified atom stereocenters. The predicted octanol–water partition coefficient (Wildman–Crippen LogP) is 4.85. The minimum absolute atomic E-state index is 0.0128. The van der Waals surface area contributed by atoms with Crippen LogP contribution in [0.15, 0.2) is 65.1 Å². The van der Waals surface area contributed by atoms with E-state index in [2.05, 4.69) is 10.1 Å². The first-order chi connectivity index (χ1) is 13.0. The van der Waals surface area contributed by atoms with Crippen molar-refractivity contribution in [1.29, 1.82) is 0 Å². The summed E-state index contributed by atoms with van der Waals surface area (Å²) in [5.41, 5.74) is 0.391. The van der Waals surface area contributed by atoms with E-state index in [0.717, 1.165) is 0 Å². The molecule has 1 heterocycles. The maximum Gasteiger partial charge on any atom is 0.387 e. The number of benzene rings is 2. The molecular formula is C19H14F3NO4. The highest BCUT2D eigenvalue weighted by molar-refractivity contribution is 6.02. The highest BCUT2D eigenvalue weighted by atomic mass is 19.3. The summed E-state index contributed by atoms with van der Waals surface area (Å²) in [7, 11) is 0. The van der Waals surface area contributed by atoms with Crippen LogP contribution in [-0.2, 0) is 6.61 Å². The van der Waals surface area contributed by atoms with E-state index in [4.69, 9.17) is 9.15 Å². The second kappa shape index (κ2) is 8.31. The number of furan rings is 1. The molecule has 0 bridgehead atoms. The van der Waals surface area contributed by atoms with E-state index in [1.807, 2.05) is 0 Å². The number of hydrogen-bond acceptors (Lipinski definition) is 4. The Hall–Kier alpha value is -3.42. The zero-order valence-corrected chi connectivity index (χ0v) is 13.8. The third-order valence-electron chi connectivity index (χ3n) is 3.42. The molecule has 0 aliphatic rings. The first-order valence-electron chi connectivity index (χ1n) is 7.83. The summed E-state index contributed by atoms with van der Waals surface area (Å²) >= 11 is 0. The maximum absolute atomic E-state index is 12.8. The topological polar surface area (TPSA) is 60.7 Å². The number of anilines is 1. The molecule has 140 valence electrons. The van der Waals surface area contributed by atoms with E-state index in [1.54, 1.807) is 6.07 Å². The highest BCUT2D eigenvalue weighted by Crippen LogP contribution is 2.19. The fraction of sp³-hybridized carbons (Fsp3) is 0.105. The van der Waals surface area contributed by atoms with Gasteiger partial charge in [-0.15, -0.1) is 0 Å². The van der Waals surface area contributed by atoms with E-state index < -0.39 is 12.5 Å².